The van der Waals surface area contributed by atoms with E-state index in [1.165, 1.54) is 0 Å². The summed E-state index contributed by atoms with van der Waals surface area (Å²) in [5.41, 5.74) is -0.603. The van der Waals surface area contributed by atoms with Gasteiger partial charge in [-0.1, -0.05) is 27.2 Å². The number of unbranched alkanes of at least 4 members (excludes halogenated alkanes) is 1. The predicted molar refractivity (Wildman–Crippen MR) is 87.7 cm³/mol. The highest BCUT2D eigenvalue weighted by Gasteiger charge is 2.46. The molecule has 2 aliphatic rings. The molecule has 0 aliphatic carbocycles. The summed E-state index contributed by atoms with van der Waals surface area (Å²) < 4.78 is 0. The maximum Gasteiger partial charge on any atom is 0.253 e. The van der Waals surface area contributed by atoms with Gasteiger partial charge in [-0.25, -0.2) is 0 Å². The van der Waals surface area contributed by atoms with Gasteiger partial charge >= 0.3 is 0 Å². The number of nitrogens with one attached hydrogen (secondary N) is 1. The lowest BCUT2D eigenvalue weighted by Gasteiger charge is -2.37. The second-order valence-electron chi connectivity index (χ2n) is 6.49. The molecule has 0 atom stereocenters. The van der Waals surface area contributed by atoms with Gasteiger partial charge in [-0.2, -0.15) is 0 Å². The van der Waals surface area contributed by atoms with Crippen LogP contribution in [0.25, 0.3) is 0 Å². The Hall–Kier alpha value is -1.39. The zero-order chi connectivity index (χ0) is 16.2. The average molecular weight is 307 g/mol. The summed E-state index contributed by atoms with van der Waals surface area (Å²) in [6.45, 7) is 7.55. The number of hydrogen-bond acceptors (Lipinski definition) is 3. The Morgan fingerprint density at radius 1 is 1.27 bits per heavy atom. The summed E-state index contributed by atoms with van der Waals surface area (Å²) in [5, 5.41) is 2.95. The molecule has 2 amide bonds. The number of likely N-dealkylation sites (tertiary alicyclic amines) is 1. The van der Waals surface area contributed by atoms with Crippen molar-refractivity contribution in [1.82, 2.24) is 10.2 Å². The summed E-state index contributed by atoms with van der Waals surface area (Å²) in [7, 11) is 0. The zero-order valence-electron chi connectivity index (χ0n) is 14.2. The Balaban J connectivity index is 1.97. The van der Waals surface area contributed by atoms with Gasteiger partial charge in [0.1, 0.15) is 11.4 Å². The van der Waals surface area contributed by atoms with Crippen LogP contribution in [0.1, 0.15) is 65.7 Å². The van der Waals surface area contributed by atoms with Gasteiger partial charge in [0.2, 0.25) is 5.91 Å². The zero-order valence-corrected chi connectivity index (χ0v) is 14.2. The molecular formula is C17H29N3O2. The van der Waals surface area contributed by atoms with E-state index in [0.29, 0.717) is 25.9 Å². The number of amides is 2. The highest BCUT2D eigenvalue weighted by molar-refractivity contribution is 6.08. The maximum absolute atomic E-state index is 12.4. The topological polar surface area (TPSA) is 61.8 Å². The number of carbonyl (C=O) groups excluding carboxylic acids is 2. The first kappa shape index (κ1) is 17.0. The fraction of sp³-hybridized carbons (Fsp3) is 0.824. The van der Waals surface area contributed by atoms with Crippen LogP contribution in [0.2, 0.25) is 0 Å². The highest BCUT2D eigenvalue weighted by atomic mass is 16.2. The first-order valence-corrected chi connectivity index (χ1v) is 8.75. The molecule has 2 aliphatic heterocycles. The molecule has 1 spiro atoms. The highest BCUT2D eigenvalue weighted by Crippen LogP contribution is 2.31. The molecule has 5 nitrogen and oxygen atoms in total. The Labute approximate surface area is 133 Å². The van der Waals surface area contributed by atoms with E-state index in [1.54, 1.807) is 0 Å². The summed E-state index contributed by atoms with van der Waals surface area (Å²) in [5.74, 6) is 1.24. The van der Waals surface area contributed by atoms with Crippen molar-refractivity contribution in [1.29, 1.82) is 0 Å². The van der Waals surface area contributed by atoms with Gasteiger partial charge in [-0.3, -0.25) is 14.6 Å². The van der Waals surface area contributed by atoms with Crippen LogP contribution in [0, 0.1) is 5.92 Å². The van der Waals surface area contributed by atoms with Gasteiger partial charge < -0.3 is 10.2 Å². The molecule has 0 aromatic rings. The van der Waals surface area contributed by atoms with E-state index in [-0.39, 0.29) is 17.7 Å². The fourth-order valence-electron chi connectivity index (χ4n) is 3.38. The second-order valence-corrected chi connectivity index (χ2v) is 6.49. The van der Waals surface area contributed by atoms with Gasteiger partial charge in [0.05, 0.1) is 0 Å². The lowest BCUT2D eigenvalue weighted by molar-refractivity contribution is -0.139. The van der Waals surface area contributed by atoms with Crippen LogP contribution in [0.15, 0.2) is 4.99 Å². The summed E-state index contributed by atoms with van der Waals surface area (Å²) in [6, 6.07) is 0. The van der Waals surface area contributed by atoms with E-state index < -0.39 is 5.54 Å². The SMILES string of the molecule is CCCCC1=NC2(CCN(C(=O)C(CC)CC)CC2)C(=O)N1. The number of hydrogen-bond donors (Lipinski definition) is 1. The molecule has 0 saturated carbocycles. The predicted octanol–water partition coefficient (Wildman–Crippen LogP) is 2.50. The van der Waals surface area contributed by atoms with E-state index >= 15 is 0 Å². The Kier molecular flexibility index (Phi) is 5.59. The van der Waals surface area contributed by atoms with Gasteiger partial charge in [-0.15, -0.1) is 0 Å². The van der Waals surface area contributed by atoms with Gasteiger partial charge in [0, 0.05) is 25.4 Å². The van der Waals surface area contributed by atoms with Crippen LogP contribution < -0.4 is 5.32 Å². The molecule has 22 heavy (non-hydrogen) atoms. The van der Waals surface area contributed by atoms with Crippen molar-refractivity contribution in [2.75, 3.05) is 13.1 Å². The first-order valence-electron chi connectivity index (χ1n) is 8.75. The molecule has 0 aromatic heterocycles. The number of rotatable bonds is 6. The maximum atomic E-state index is 12.4. The second kappa shape index (κ2) is 7.25. The Morgan fingerprint density at radius 2 is 1.91 bits per heavy atom. The van der Waals surface area contributed by atoms with Crippen molar-refractivity contribution < 1.29 is 9.59 Å². The number of nitrogens with zero attached hydrogens (tertiary/aromatic N) is 2. The molecule has 1 N–H and O–H groups in total. The minimum Gasteiger partial charge on any atom is -0.342 e. The van der Waals surface area contributed by atoms with Crippen LogP contribution >= 0.6 is 0 Å². The van der Waals surface area contributed by atoms with Crippen molar-refractivity contribution in [3.63, 3.8) is 0 Å². The van der Waals surface area contributed by atoms with Crippen molar-refractivity contribution in [2.24, 2.45) is 10.9 Å². The van der Waals surface area contributed by atoms with Crippen LogP contribution in [0.3, 0.4) is 0 Å². The largest absolute Gasteiger partial charge is 0.342 e. The molecule has 0 bridgehead atoms. The molecule has 0 aromatic carbocycles. The van der Waals surface area contributed by atoms with E-state index in [9.17, 15) is 9.59 Å². The standard InChI is InChI=1S/C17H29N3O2/c1-4-7-8-14-18-16(22)17(19-14)9-11-20(12-10-17)15(21)13(5-2)6-3/h13H,4-12H2,1-3H3,(H,18,19,22). The third kappa shape index (κ3) is 3.33. The summed E-state index contributed by atoms with van der Waals surface area (Å²) in [6.07, 6.45) is 6.07. The number of amidine groups is 1. The molecule has 5 heteroatoms. The van der Waals surface area contributed by atoms with Crippen molar-refractivity contribution in [2.45, 2.75) is 71.3 Å². The van der Waals surface area contributed by atoms with Gasteiger partial charge in [0.25, 0.3) is 5.91 Å². The third-order valence-electron chi connectivity index (χ3n) is 5.03. The van der Waals surface area contributed by atoms with E-state index in [1.807, 2.05) is 4.90 Å². The van der Waals surface area contributed by atoms with Crippen molar-refractivity contribution in [3.05, 3.63) is 0 Å². The summed E-state index contributed by atoms with van der Waals surface area (Å²) in [4.78, 5) is 31.4. The van der Waals surface area contributed by atoms with E-state index in [0.717, 1.165) is 37.9 Å². The molecule has 1 saturated heterocycles. The van der Waals surface area contributed by atoms with E-state index in [2.05, 4.69) is 26.1 Å². The molecule has 0 radical (unpaired) electrons. The van der Waals surface area contributed by atoms with Gasteiger partial charge in [-0.05, 0) is 32.1 Å². The Morgan fingerprint density at radius 3 is 2.45 bits per heavy atom. The van der Waals surface area contributed by atoms with Crippen molar-refractivity contribution >= 4 is 17.6 Å². The van der Waals surface area contributed by atoms with Crippen LogP contribution in [0.4, 0.5) is 0 Å². The average Bonchev–Trinajstić information content (AvgIpc) is 2.83. The fourth-order valence-corrected chi connectivity index (χ4v) is 3.38. The van der Waals surface area contributed by atoms with Crippen LogP contribution in [0.5, 0.6) is 0 Å². The minimum atomic E-state index is -0.603. The smallest absolute Gasteiger partial charge is 0.253 e. The molecule has 124 valence electrons. The van der Waals surface area contributed by atoms with Gasteiger partial charge in [0.15, 0.2) is 0 Å². The normalized spacial score (nSPS) is 20.5. The number of piperidine rings is 1. The van der Waals surface area contributed by atoms with Crippen LogP contribution in [-0.2, 0) is 9.59 Å². The molecule has 0 unspecified atom stereocenters. The molecule has 1 fully saturated rings. The third-order valence-corrected chi connectivity index (χ3v) is 5.03. The number of carbonyl (C=O) groups is 2. The quantitative estimate of drug-likeness (QED) is 0.819. The van der Waals surface area contributed by atoms with Crippen LogP contribution in [-0.4, -0.2) is 41.2 Å². The lowest BCUT2D eigenvalue weighted by atomic mass is 9.87. The Bertz CT molecular complexity index is 447. The number of aliphatic imine (C=N–C) groups is 1. The summed E-state index contributed by atoms with van der Waals surface area (Å²) >= 11 is 0. The molecule has 2 heterocycles. The minimum absolute atomic E-state index is 0.0354. The monoisotopic (exact) mass is 307 g/mol. The molecular weight excluding hydrogens is 278 g/mol. The van der Waals surface area contributed by atoms with E-state index in [4.69, 9.17) is 4.99 Å². The lowest BCUT2D eigenvalue weighted by Crippen LogP contribution is -2.51. The first-order chi connectivity index (χ1) is 10.6. The molecule has 2 rings (SSSR count). The van der Waals surface area contributed by atoms with Crippen molar-refractivity contribution in [3.8, 4) is 0 Å².